The van der Waals surface area contributed by atoms with E-state index in [-0.39, 0.29) is 34.2 Å². The zero-order chi connectivity index (χ0) is 17.4. The summed E-state index contributed by atoms with van der Waals surface area (Å²) in [5.74, 6) is -1.72. The van der Waals surface area contributed by atoms with Crippen LogP contribution < -0.4 is 22.1 Å². The number of aromatic nitrogens is 4. The average molecular weight is 328 g/mol. The van der Waals surface area contributed by atoms with Gasteiger partial charge in [-0.25, -0.2) is 4.39 Å². The number of hydrogen-bond acceptors (Lipinski definition) is 5. The van der Waals surface area contributed by atoms with E-state index in [0.29, 0.717) is 0 Å². The predicted molar refractivity (Wildman–Crippen MR) is 86.5 cm³/mol. The first-order valence-electron chi connectivity index (χ1n) is 6.76. The molecule has 0 amide bonds. The third-order valence-electron chi connectivity index (χ3n) is 3.33. The van der Waals surface area contributed by atoms with Crippen molar-refractivity contribution in [2.75, 3.05) is 11.1 Å². The molecule has 0 saturated heterocycles. The number of aromatic amines is 1. The van der Waals surface area contributed by atoms with Crippen molar-refractivity contribution >= 4 is 30.6 Å². The van der Waals surface area contributed by atoms with Crippen molar-refractivity contribution in [2.45, 2.75) is 0 Å². The number of aryl methyl sites for hydroxylation is 1. The van der Waals surface area contributed by atoms with Crippen LogP contribution in [-0.2, 0) is 7.05 Å². The van der Waals surface area contributed by atoms with Crippen LogP contribution in [0.3, 0.4) is 0 Å². The topological polar surface area (TPSA) is 102 Å². The summed E-state index contributed by atoms with van der Waals surface area (Å²) >= 11 is 0. The van der Waals surface area contributed by atoms with Gasteiger partial charge in [-0.05, 0) is 12.1 Å². The number of nitrogens with one attached hydrogen (secondary N) is 2. The number of hydrogen-bond donors (Lipinski definition) is 3. The highest BCUT2D eigenvalue weighted by Crippen LogP contribution is 2.29. The maximum atomic E-state index is 14.5. The molecule has 3 aromatic rings. The lowest BCUT2D eigenvalue weighted by Crippen LogP contribution is -2.22. The molecule has 7 nitrogen and oxygen atoms in total. The first kappa shape index (κ1) is 15.7. The van der Waals surface area contributed by atoms with Crippen LogP contribution in [0.5, 0.6) is 0 Å². The lowest BCUT2D eigenvalue weighted by Gasteiger charge is -2.14. The summed E-state index contributed by atoms with van der Waals surface area (Å²) in [6.45, 7) is 0. The molecule has 2 heterocycles. The summed E-state index contributed by atoms with van der Waals surface area (Å²) in [4.78, 5) is 15.8. The largest absolute Gasteiger partial charge is 0.366 e. The second-order valence-corrected chi connectivity index (χ2v) is 5.05. The summed E-state index contributed by atoms with van der Waals surface area (Å²) in [6, 6.07) is 3.85. The normalized spacial score (nSPS) is 10.8. The monoisotopic (exact) mass is 328 g/mol. The smallest absolute Gasteiger partial charge is 0.288 e. The Morgan fingerprint density at radius 2 is 2.12 bits per heavy atom. The molecule has 10 heteroatoms. The molecule has 0 aliphatic carbocycles. The predicted octanol–water partition coefficient (Wildman–Crippen LogP) is 0.568. The molecule has 120 valence electrons. The fourth-order valence-electron chi connectivity index (χ4n) is 2.16. The number of nitrogens with zero attached hydrogens (tertiary/aromatic N) is 3. The Bertz CT molecular complexity index is 984. The van der Waals surface area contributed by atoms with Crippen molar-refractivity contribution < 1.29 is 8.78 Å². The van der Waals surface area contributed by atoms with E-state index in [0.717, 1.165) is 10.6 Å². The van der Waals surface area contributed by atoms with E-state index in [1.165, 1.54) is 25.4 Å². The minimum absolute atomic E-state index is 0.0508. The molecule has 2 aromatic heterocycles. The van der Waals surface area contributed by atoms with Crippen molar-refractivity contribution in [2.24, 2.45) is 7.05 Å². The van der Waals surface area contributed by atoms with Crippen LogP contribution in [0.2, 0.25) is 0 Å². The van der Waals surface area contributed by atoms with E-state index in [9.17, 15) is 13.6 Å². The highest BCUT2D eigenvalue weighted by molar-refractivity contribution is 6.32. The lowest BCUT2D eigenvalue weighted by molar-refractivity contribution is 0.594. The average Bonchev–Trinajstić information content (AvgIpc) is 2.96. The second kappa shape index (κ2) is 5.80. The number of anilines is 3. The van der Waals surface area contributed by atoms with Crippen LogP contribution in [0.15, 0.2) is 29.2 Å². The summed E-state index contributed by atoms with van der Waals surface area (Å²) in [5, 5.41) is 8.75. The van der Waals surface area contributed by atoms with E-state index in [1.807, 2.05) is 0 Å². The molecule has 3 rings (SSSR count). The van der Waals surface area contributed by atoms with Gasteiger partial charge in [0.05, 0.1) is 16.9 Å². The van der Waals surface area contributed by atoms with Gasteiger partial charge in [0.25, 0.3) is 5.56 Å². The Kier molecular flexibility index (Phi) is 3.80. The van der Waals surface area contributed by atoms with Crippen molar-refractivity contribution in [3.8, 4) is 11.4 Å². The second-order valence-electron chi connectivity index (χ2n) is 5.05. The van der Waals surface area contributed by atoms with E-state index in [4.69, 9.17) is 13.6 Å². The van der Waals surface area contributed by atoms with Crippen molar-refractivity contribution in [1.29, 1.82) is 0 Å². The minimum atomic E-state index is -1.10. The molecule has 2 radical (unpaired) electrons. The molecule has 4 N–H and O–H groups in total. The van der Waals surface area contributed by atoms with E-state index >= 15 is 0 Å². The van der Waals surface area contributed by atoms with Crippen molar-refractivity contribution in [3.63, 3.8) is 0 Å². The first-order valence-corrected chi connectivity index (χ1v) is 6.76. The van der Waals surface area contributed by atoms with Crippen LogP contribution >= 0.6 is 0 Å². The number of rotatable bonds is 3. The fourth-order valence-corrected chi connectivity index (χ4v) is 2.16. The highest BCUT2D eigenvalue weighted by atomic mass is 19.1. The minimum Gasteiger partial charge on any atom is -0.366 e. The number of nitrogens with two attached hydrogens (primary N) is 1. The van der Waals surface area contributed by atoms with Gasteiger partial charge in [0, 0.05) is 13.2 Å². The number of benzene rings is 1. The van der Waals surface area contributed by atoms with Gasteiger partial charge in [0.2, 0.25) is 11.8 Å². The van der Waals surface area contributed by atoms with Gasteiger partial charge >= 0.3 is 0 Å². The van der Waals surface area contributed by atoms with Gasteiger partial charge in [-0.3, -0.25) is 9.89 Å². The summed E-state index contributed by atoms with van der Waals surface area (Å²) in [7, 11) is 6.86. The zero-order valence-corrected chi connectivity index (χ0v) is 12.5. The van der Waals surface area contributed by atoms with Gasteiger partial charge in [0.1, 0.15) is 13.7 Å². The lowest BCUT2D eigenvalue weighted by atomic mass is 9.96. The summed E-state index contributed by atoms with van der Waals surface area (Å²) in [5.41, 5.74) is 4.64. The van der Waals surface area contributed by atoms with Crippen LogP contribution in [0, 0.1) is 11.6 Å². The molecule has 0 fully saturated rings. The Morgan fingerprint density at radius 3 is 2.75 bits per heavy atom. The quantitative estimate of drug-likeness (QED) is 0.610. The summed E-state index contributed by atoms with van der Waals surface area (Å²) < 4.78 is 29.5. The number of nitrogen functional groups attached to an aromatic ring is 1. The molecule has 24 heavy (non-hydrogen) atoms. The van der Waals surface area contributed by atoms with E-state index in [1.54, 1.807) is 0 Å². The zero-order valence-electron chi connectivity index (χ0n) is 12.5. The number of pyridine rings is 1. The maximum Gasteiger partial charge on any atom is 0.288 e. The van der Waals surface area contributed by atoms with E-state index in [2.05, 4.69) is 20.5 Å². The maximum absolute atomic E-state index is 14.5. The molecule has 0 aliphatic heterocycles. The van der Waals surface area contributed by atoms with Gasteiger partial charge in [0.15, 0.2) is 5.82 Å². The van der Waals surface area contributed by atoms with Crippen molar-refractivity contribution in [1.82, 2.24) is 19.7 Å². The van der Waals surface area contributed by atoms with Gasteiger partial charge < -0.3 is 15.6 Å². The molecular formula is C14H11BF2N6O. The number of halogens is 2. The third-order valence-corrected chi connectivity index (χ3v) is 3.33. The van der Waals surface area contributed by atoms with Crippen LogP contribution in [0.1, 0.15) is 0 Å². The fraction of sp³-hybridized carbons (Fsp3) is 0.0714. The van der Waals surface area contributed by atoms with Crippen LogP contribution in [-0.4, -0.2) is 27.6 Å². The van der Waals surface area contributed by atoms with Gasteiger partial charge in [-0.15, -0.1) is 5.10 Å². The first-order chi connectivity index (χ1) is 11.4. The third kappa shape index (κ3) is 2.73. The Balaban J connectivity index is 2.18. The molecule has 0 aliphatic rings. The highest BCUT2D eigenvalue weighted by Gasteiger charge is 2.19. The number of H-pyrrole nitrogens is 1. The Morgan fingerprint density at radius 1 is 1.38 bits per heavy atom. The standard InChI is InChI=1S/C14H11BF2N6O/c1-23-5-7(12-20-14(18)22-21-12)11(10(17)13(23)24)19-9-3-2-6(15)4-8(9)16/h2-5,19H,1H3,(H3,18,20,21,22). The van der Waals surface area contributed by atoms with Crippen molar-refractivity contribution in [3.05, 3.63) is 46.4 Å². The molecule has 0 atom stereocenters. The molecule has 1 aromatic carbocycles. The molecule has 0 spiro atoms. The summed E-state index contributed by atoms with van der Waals surface area (Å²) in [6.07, 6.45) is 1.34. The molecular weight excluding hydrogens is 317 g/mol. The van der Waals surface area contributed by atoms with Gasteiger partial charge in [-0.2, -0.15) is 9.37 Å². The van der Waals surface area contributed by atoms with Gasteiger partial charge in [-0.1, -0.05) is 11.5 Å². The Labute approximate surface area is 135 Å². The molecule has 0 saturated carbocycles. The van der Waals surface area contributed by atoms with Crippen LogP contribution in [0.4, 0.5) is 26.1 Å². The molecule has 0 unspecified atom stereocenters. The Hall–Kier alpha value is -3.17. The SMILES string of the molecule is [B]c1ccc(Nc2c(-c3nc(N)n[nH]3)cn(C)c(=O)c2F)c(F)c1. The molecule has 0 bridgehead atoms. The van der Waals surface area contributed by atoms with E-state index < -0.39 is 17.2 Å². The van der Waals surface area contributed by atoms with Crippen LogP contribution in [0.25, 0.3) is 11.4 Å².